The molecular weight excluding hydrogens is 305 g/mol. The molecule has 1 aromatic rings. The first-order chi connectivity index (χ1) is 9.56. The van der Waals surface area contributed by atoms with E-state index < -0.39 is 12.1 Å². The van der Waals surface area contributed by atoms with E-state index in [1.54, 1.807) is 18.2 Å². The Balaban J connectivity index is 1.79. The molecule has 1 unspecified atom stereocenters. The van der Waals surface area contributed by atoms with Crippen molar-refractivity contribution in [2.75, 3.05) is 32.8 Å². The summed E-state index contributed by atoms with van der Waals surface area (Å²) in [6.45, 7) is 2.52. The lowest BCUT2D eigenvalue weighted by molar-refractivity contribution is -0.156. The lowest BCUT2D eigenvalue weighted by Crippen LogP contribution is -2.47. The van der Waals surface area contributed by atoms with Crippen LogP contribution in [0.15, 0.2) is 18.2 Å². The highest BCUT2D eigenvalue weighted by molar-refractivity contribution is 6.35. The van der Waals surface area contributed by atoms with Crippen molar-refractivity contribution < 1.29 is 19.4 Å². The van der Waals surface area contributed by atoms with Crippen molar-refractivity contribution in [2.45, 2.75) is 6.10 Å². The van der Waals surface area contributed by atoms with Gasteiger partial charge in [0.15, 0.2) is 6.10 Å². The van der Waals surface area contributed by atoms with Gasteiger partial charge in [-0.15, -0.1) is 0 Å². The first kappa shape index (κ1) is 15.4. The Morgan fingerprint density at radius 3 is 3.00 bits per heavy atom. The zero-order valence-corrected chi connectivity index (χ0v) is 12.2. The Morgan fingerprint density at radius 1 is 1.50 bits per heavy atom. The number of nitrogens with zero attached hydrogens (tertiary/aromatic N) is 1. The molecule has 20 heavy (non-hydrogen) atoms. The SMILES string of the molecule is O=C(O)C1CN(CCOc2ccc(Cl)cc2Cl)CCO1. The van der Waals surface area contributed by atoms with Gasteiger partial charge < -0.3 is 14.6 Å². The third kappa shape index (κ3) is 4.24. The van der Waals surface area contributed by atoms with Crippen molar-refractivity contribution in [1.82, 2.24) is 4.90 Å². The summed E-state index contributed by atoms with van der Waals surface area (Å²) in [7, 11) is 0. The first-order valence-electron chi connectivity index (χ1n) is 6.21. The molecule has 0 bridgehead atoms. The molecule has 7 heteroatoms. The van der Waals surface area contributed by atoms with Crippen molar-refractivity contribution in [1.29, 1.82) is 0 Å². The van der Waals surface area contributed by atoms with Crippen LogP contribution in [0.1, 0.15) is 0 Å². The number of hydrogen-bond acceptors (Lipinski definition) is 4. The molecule has 5 nitrogen and oxygen atoms in total. The zero-order valence-electron chi connectivity index (χ0n) is 10.7. The van der Waals surface area contributed by atoms with Gasteiger partial charge in [-0.2, -0.15) is 0 Å². The molecule has 0 aliphatic carbocycles. The molecular formula is C13H15Cl2NO4. The summed E-state index contributed by atoms with van der Waals surface area (Å²) in [4.78, 5) is 12.9. The monoisotopic (exact) mass is 319 g/mol. The minimum Gasteiger partial charge on any atom is -0.491 e. The average Bonchev–Trinajstić information content (AvgIpc) is 2.41. The summed E-state index contributed by atoms with van der Waals surface area (Å²) < 4.78 is 10.7. The fourth-order valence-electron chi connectivity index (χ4n) is 1.93. The summed E-state index contributed by atoms with van der Waals surface area (Å²) in [6, 6.07) is 5.04. The quantitative estimate of drug-likeness (QED) is 0.901. The molecule has 0 radical (unpaired) electrons. The highest BCUT2D eigenvalue weighted by atomic mass is 35.5. The second-order valence-corrected chi connectivity index (χ2v) is 5.27. The molecule has 1 aromatic carbocycles. The maximum absolute atomic E-state index is 10.9. The normalized spacial score (nSPS) is 19.8. The number of carbonyl (C=O) groups is 1. The van der Waals surface area contributed by atoms with Crippen LogP contribution in [0.5, 0.6) is 5.75 Å². The van der Waals surface area contributed by atoms with Gasteiger partial charge in [0.05, 0.1) is 11.6 Å². The maximum Gasteiger partial charge on any atom is 0.334 e. The average molecular weight is 320 g/mol. The Morgan fingerprint density at radius 2 is 2.30 bits per heavy atom. The van der Waals surface area contributed by atoms with Crippen molar-refractivity contribution >= 4 is 29.2 Å². The molecule has 0 amide bonds. The van der Waals surface area contributed by atoms with Gasteiger partial charge in [-0.3, -0.25) is 4.90 Å². The number of hydrogen-bond donors (Lipinski definition) is 1. The van der Waals surface area contributed by atoms with Gasteiger partial charge in [-0.05, 0) is 18.2 Å². The number of morpholine rings is 1. The lowest BCUT2D eigenvalue weighted by Gasteiger charge is -2.30. The minimum atomic E-state index is -0.934. The number of aliphatic carboxylic acids is 1. The number of rotatable bonds is 5. The fraction of sp³-hybridized carbons (Fsp3) is 0.462. The van der Waals surface area contributed by atoms with Crippen molar-refractivity contribution in [3.63, 3.8) is 0 Å². The molecule has 2 rings (SSSR count). The standard InChI is InChI=1S/C13H15Cl2NO4/c14-9-1-2-11(10(15)7-9)19-5-3-16-4-6-20-12(8-16)13(17)18/h1-2,7,12H,3-6,8H2,(H,17,18). The molecule has 1 saturated heterocycles. The highest BCUT2D eigenvalue weighted by Gasteiger charge is 2.25. The topological polar surface area (TPSA) is 59.0 Å². The van der Waals surface area contributed by atoms with Crippen LogP contribution in [0.2, 0.25) is 10.0 Å². The molecule has 1 aliphatic heterocycles. The largest absolute Gasteiger partial charge is 0.491 e. The number of benzene rings is 1. The molecule has 1 fully saturated rings. The van der Waals surface area contributed by atoms with Gasteiger partial charge in [-0.25, -0.2) is 4.79 Å². The van der Waals surface area contributed by atoms with Crippen LogP contribution in [-0.2, 0) is 9.53 Å². The Labute approximate surface area is 127 Å². The molecule has 1 atom stereocenters. The second-order valence-electron chi connectivity index (χ2n) is 4.42. The van der Waals surface area contributed by atoms with E-state index in [0.29, 0.717) is 48.6 Å². The summed E-state index contributed by atoms with van der Waals surface area (Å²) in [6.07, 6.45) is -0.761. The number of carboxylic acids is 1. The van der Waals surface area contributed by atoms with E-state index in [0.717, 1.165) is 0 Å². The van der Waals surface area contributed by atoms with Gasteiger partial charge in [0.2, 0.25) is 0 Å². The van der Waals surface area contributed by atoms with Gasteiger partial charge in [-0.1, -0.05) is 23.2 Å². The molecule has 0 spiro atoms. The van der Waals surface area contributed by atoms with Crippen LogP contribution in [0.25, 0.3) is 0 Å². The van der Waals surface area contributed by atoms with Gasteiger partial charge >= 0.3 is 5.97 Å². The van der Waals surface area contributed by atoms with Gasteiger partial charge in [0.1, 0.15) is 12.4 Å². The van der Waals surface area contributed by atoms with Crippen LogP contribution in [0.3, 0.4) is 0 Å². The minimum absolute atomic E-state index is 0.368. The maximum atomic E-state index is 10.9. The van der Waals surface area contributed by atoms with E-state index in [2.05, 4.69) is 0 Å². The predicted octanol–water partition coefficient (Wildman–Crippen LogP) is 2.16. The smallest absolute Gasteiger partial charge is 0.334 e. The number of halogens is 2. The van der Waals surface area contributed by atoms with E-state index in [1.165, 1.54) is 0 Å². The molecule has 0 saturated carbocycles. The molecule has 110 valence electrons. The van der Waals surface area contributed by atoms with Crippen LogP contribution in [-0.4, -0.2) is 54.9 Å². The van der Waals surface area contributed by atoms with E-state index in [1.807, 2.05) is 4.90 Å². The van der Waals surface area contributed by atoms with Crippen LogP contribution >= 0.6 is 23.2 Å². The van der Waals surface area contributed by atoms with Crippen LogP contribution in [0, 0.1) is 0 Å². The molecule has 1 aliphatic rings. The van der Waals surface area contributed by atoms with Gasteiger partial charge in [0, 0.05) is 24.7 Å². The van der Waals surface area contributed by atoms with Crippen molar-refractivity contribution in [3.05, 3.63) is 28.2 Å². The summed E-state index contributed by atoms with van der Waals surface area (Å²) in [5.74, 6) is -0.365. The summed E-state index contributed by atoms with van der Waals surface area (Å²) >= 11 is 11.8. The fourth-order valence-corrected chi connectivity index (χ4v) is 2.40. The molecule has 1 heterocycles. The van der Waals surface area contributed by atoms with Crippen molar-refractivity contribution in [2.24, 2.45) is 0 Å². The van der Waals surface area contributed by atoms with E-state index in [9.17, 15) is 4.79 Å². The Hall–Kier alpha value is -1.01. The molecule has 0 aromatic heterocycles. The first-order valence-corrected chi connectivity index (χ1v) is 6.96. The highest BCUT2D eigenvalue weighted by Crippen LogP contribution is 2.27. The third-order valence-corrected chi connectivity index (χ3v) is 3.52. The Kier molecular flexibility index (Phi) is 5.48. The van der Waals surface area contributed by atoms with Crippen molar-refractivity contribution in [3.8, 4) is 5.75 Å². The van der Waals surface area contributed by atoms with Crippen LogP contribution in [0.4, 0.5) is 0 Å². The zero-order chi connectivity index (χ0) is 14.5. The summed E-state index contributed by atoms with van der Waals surface area (Å²) in [5.41, 5.74) is 0. The number of ether oxygens (including phenoxy) is 2. The summed E-state index contributed by atoms with van der Waals surface area (Å²) in [5, 5.41) is 9.93. The second kappa shape index (κ2) is 7.13. The Bertz CT molecular complexity index is 483. The predicted molar refractivity (Wildman–Crippen MR) is 75.8 cm³/mol. The lowest BCUT2D eigenvalue weighted by atomic mass is 10.3. The van der Waals surface area contributed by atoms with Crippen LogP contribution < -0.4 is 4.74 Å². The van der Waals surface area contributed by atoms with E-state index >= 15 is 0 Å². The molecule has 1 N–H and O–H groups in total. The third-order valence-electron chi connectivity index (χ3n) is 2.99. The van der Waals surface area contributed by atoms with E-state index in [4.69, 9.17) is 37.8 Å². The van der Waals surface area contributed by atoms with Gasteiger partial charge in [0.25, 0.3) is 0 Å². The van der Waals surface area contributed by atoms with E-state index in [-0.39, 0.29) is 0 Å². The number of carboxylic acid groups (broad SMARTS) is 1.